The minimum Gasteiger partial charge on any atom is -0.398 e. The maximum Gasteiger partial charge on any atom is 0.133 e. The van der Waals surface area contributed by atoms with Gasteiger partial charge >= 0.3 is 0 Å². The van der Waals surface area contributed by atoms with E-state index in [0.29, 0.717) is 34.9 Å². The van der Waals surface area contributed by atoms with E-state index in [9.17, 15) is 5.11 Å². The number of alkyl halides is 1. The van der Waals surface area contributed by atoms with Crippen LogP contribution in [-0.2, 0) is 5.41 Å². The molecule has 3 atom stereocenters. The quantitative estimate of drug-likeness (QED) is 0.0820. The van der Waals surface area contributed by atoms with E-state index in [2.05, 4.69) is 67.2 Å². The Balaban J connectivity index is 3.73. The van der Waals surface area contributed by atoms with Crippen molar-refractivity contribution in [3.8, 4) is 12.3 Å². The van der Waals surface area contributed by atoms with Crippen molar-refractivity contribution in [1.82, 2.24) is 0 Å². The molecular formula is C32H44BrFN2O. The number of nitrogen functional groups attached to an aromatic ring is 1. The molecule has 1 aromatic rings. The van der Waals surface area contributed by atoms with E-state index in [0.717, 1.165) is 24.8 Å². The van der Waals surface area contributed by atoms with Gasteiger partial charge in [-0.05, 0) is 69.2 Å². The van der Waals surface area contributed by atoms with E-state index in [1.54, 1.807) is 20.1 Å². The summed E-state index contributed by atoms with van der Waals surface area (Å²) in [4.78, 5) is 4.24. The number of aliphatic imine (C=N–C) groups is 1. The predicted octanol–water partition coefficient (Wildman–Crippen LogP) is 8.54. The Morgan fingerprint density at radius 2 is 1.97 bits per heavy atom. The molecule has 0 aliphatic rings. The second-order valence-corrected chi connectivity index (χ2v) is 11.2. The highest BCUT2D eigenvalue weighted by Crippen LogP contribution is 2.46. The minimum atomic E-state index is -1.17. The van der Waals surface area contributed by atoms with Crippen molar-refractivity contribution in [2.24, 2.45) is 10.9 Å². The smallest absolute Gasteiger partial charge is 0.133 e. The van der Waals surface area contributed by atoms with Crippen LogP contribution in [0.2, 0.25) is 0 Å². The van der Waals surface area contributed by atoms with Gasteiger partial charge in [0, 0.05) is 22.9 Å². The second kappa shape index (κ2) is 14.5. The van der Waals surface area contributed by atoms with Gasteiger partial charge in [0.15, 0.2) is 0 Å². The molecule has 0 saturated carbocycles. The van der Waals surface area contributed by atoms with E-state index < -0.39 is 11.4 Å². The van der Waals surface area contributed by atoms with Gasteiger partial charge < -0.3 is 10.8 Å². The summed E-state index contributed by atoms with van der Waals surface area (Å²) < 4.78 is 15.4. The molecule has 3 N–H and O–H groups in total. The van der Waals surface area contributed by atoms with Gasteiger partial charge in [0.2, 0.25) is 0 Å². The Kier molecular flexibility index (Phi) is 12.8. The van der Waals surface area contributed by atoms with Crippen molar-refractivity contribution in [3.05, 3.63) is 71.2 Å². The van der Waals surface area contributed by atoms with Gasteiger partial charge in [0.05, 0.1) is 10.5 Å². The molecule has 1 aromatic carbocycles. The topological polar surface area (TPSA) is 58.6 Å². The Labute approximate surface area is 232 Å². The number of nitrogens with zero attached hydrogens (tertiary/aromatic N) is 1. The average molecular weight is 572 g/mol. The van der Waals surface area contributed by atoms with Crippen molar-refractivity contribution < 1.29 is 9.50 Å². The highest BCUT2D eigenvalue weighted by Gasteiger charge is 2.37. The van der Waals surface area contributed by atoms with Crippen LogP contribution >= 0.6 is 15.9 Å². The Morgan fingerprint density at radius 3 is 2.49 bits per heavy atom. The van der Waals surface area contributed by atoms with Crippen molar-refractivity contribution in [2.75, 3.05) is 5.73 Å². The van der Waals surface area contributed by atoms with E-state index in [4.69, 9.17) is 12.2 Å². The van der Waals surface area contributed by atoms with Crippen molar-refractivity contribution in [3.63, 3.8) is 0 Å². The van der Waals surface area contributed by atoms with E-state index in [1.165, 1.54) is 11.6 Å². The number of hydrogen-bond donors (Lipinski definition) is 2. The molecule has 0 saturated heterocycles. The lowest BCUT2D eigenvalue weighted by Gasteiger charge is -2.40. The van der Waals surface area contributed by atoms with Crippen molar-refractivity contribution in [1.29, 1.82) is 0 Å². The van der Waals surface area contributed by atoms with E-state index in [1.807, 2.05) is 31.2 Å². The van der Waals surface area contributed by atoms with Crippen LogP contribution in [0.15, 0.2) is 59.3 Å². The first kappa shape index (κ1) is 32.6. The fourth-order valence-corrected chi connectivity index (χ4v) is 4.69. The molecule has 0 spiro atoms. The van der Waals surface area contributed by atoms with Crippen LogP contribution in [0.5, 0.6) is 0 Å². The zero-order valence-corrected chi connectivity index (χ0v) is 25.1. The van der Waals surface area contributed by atoms with Gasteiger partial charge in [-0.3, -0.25) is 4.99 Å². The SMILES string of the molecule is C#CC(Br)/C=C\C=C(\C)CC(CC)(c1cc(C(/C=N\C(=C)C(C)(C)O)=C/CC)c(F)cc1N)C(C)CC. The highest BCUT2D eigenvalue weighted by molar-refractivity contribution is 9.09. The molecular weight excluding hydrogens is 527 g/mol. The molecule has 0 aromatic heterocycles. The molecule has 37 heavy (non-hydrogen) atoms. The summed E-state index contributed by atoms with van der Waals surface area (Å²) in [5, 5.41) is 10.2. The number of anilines is 1. The zero-order chi connectivity index (χ0) is 28.4. The Bertz CT molecular complexity index is 1100. The molecule has 3 nitrogen and oxygen atoms in total. The third-order valence-corrected chi connectivity index (χ3v) is 7.65. The number of terminal acetylenes is 1. The zero-order valence-electron chi connectivity index (χ0n) is 23.5. The largest absolute Gasteiger partial charge is 0.398 e. The van der Waals surface area contributed by atoms with Gasteiger partial charge in [0.25, 0.3) is 0 Å². The summed E-state index contributed by atoms with van der Waals surface area (Å²) in [5.41, 5.74) is 9.03. The molecule has 5 heteroatoms. The molecule has 0 aliphatic carbocycles. The fraction of sp³-hybridized carbons (Fsp3) is 0.469. The number of rotatable bonds is 13. The number of halogens is 2. The van der Waals surface area contributed by atoms with Crippen LogP contribution < -0.4 is 5.73 Å². The third-order valence-electron chi connectivity index (χ3n) is 7.08. The van der Waals surface area contributed by atoms with E-state index in [-0.39, 0.29) is 10.2 Å². The molecule has 0 bridgehead atoms. The summed E-state index contributed by atoms with van der Waals surface area (Å²) in [6.07, 6.45) is 18.2. The van der Waals surface area contributed by atoms with Gasteiger partial charge in [0.1, 0.15) is 11.4 Å². The van der Waals surface area contributed by atoms with Crippen LogP contribution in [0.1, 0.15) is 85.3 Å². The Morgan fingerprint density at radius 1 is 1.32 bits per heavy atom. The van der Waals surface area contributed by atoms with Crippen molar-refractivity contribution >= 4 is 33.4 Å². The van der Waals surface area contributed by atoms with Gasteiger partial charge in [-0.2, -0.15) is 0 Å². The maximum absolute atomic E-state index is 15.4. The molecule has 0 radical (unpaired) electrons. The first-order valence-electron chi connectivity index (χ1n) is 13.0. The number of hydrogen-bond acceptors (Lipinski definition) is 3. The third kappa shape index (κ3) is 8.83. The monoisotopic (exact) mass is 570 g/mol. The van der Waals surface area contributed by atoms with Gasteiger partial charge in [-0.15, -0.1) is 6.42 Å². The lowest BCUT2D eigenvalue weighted by molar-refractivity contribution is 0.119. The predicted molar refractivity (Wildman–Crippen MR) is 163 cm³/mol. The van der Waals surface area contributed by atoms with Crippen LogP contribution in [0.25, 0.3) is 5.57 Å². The molecule has 3 unspecified atom stereocenters. The van der Waals surface area contributed by atoms with Crippen molar-refractivity contribution in [2.45, 2.75) is 90.0 Å². The normalized spacial score (nSPS) is 16.6. The summed E-state index contributed by atoms with van der Waals surface area (Å²) >= 11 is 3.42. The first-order valence-corrected chi connectivity index (χ1v) is 13.9. The fourth-order valence-electron chi connectivity index (χ4n) is 4.52. The standard InChI is InChI=1S/C32H44BrFN2O/c1-10-15-25(21-36-24(7)31(8,9)37)27-18-28(30(35)19-29(27)34)32(13-4,23(6)11-2)20-22(5)16-14-17-26(33)12-3/h3,14-19,21,23,26,37H,7,10-11,13,20,35H2,1-2,4-6,8-9H3/b17-14-,22-16-,25-15+,36-21-. The number of nitrogens with two attached hydrogens (primary N) is 1. The number of aliphatic hydroxyl groups is 1. The molecule has 1 rings (SSSR count). The van der Waals surface area contributed by atoms with Gasteiger partial charge in [-0.25, -0.2) is 4.39 Å². The minimum absolute atomic E-state index is 0.115. The van der Waals surface area contributed by atoms with Crippen LogP contribution in [0, 0.1) is 24.1 Å². The molecule has 0 aliphatic heterocycles. The lowest BCUT2D eigenvalue weighted by atomic mass is 9.64. The number of benzene rings is 1. The first-order chi connectivity index (χ1) is 17.3. The second-order valence-electron chi connectivity index (χ2n) is 10.2. The number of allylic oxidation sites excluding steroid dienone is 6. The van der Waals surface area contributed by atoms with Gasteiger partial charge in [-0.1, -0.05) is 92.4 Å². The molecule has 0 amide bonds. The Hall–Kier alpha value is -2.42. The summed E-state index contributed by atoms with van der Waals surface area (Å²) in [6.45, 7) is 17.8. The summed E-state index contributed by atoms with van der Waals surface area (Å²) in [7, 11) is 0. The average Bonchev–Trinajstić information content (AvgIpc) is 2.84. The summed E-state index contributed by atoms with van der Waals surface area (Å²) in [5.74, 6) is 2.52. The summed E-state index contributed by atoms with van der Waals surface area (Å²) in [6, 6.07) is 3.33. The van der Waals surface area contributed by atoms with Crippen LogP contribution in [-0.4, -0.2) is 21.7 Å². The molecule has 0 heterocycles. The van der Waals surface area contributed by atoms with Crippen LogP contribution in [0.4, 0.5) is 10.1 Å². The molecule has 202 valence electrons. The van der Waals surface area contributed by atoms with E-state index >= 15 is 4.39 Å². The lowest BCUT2D eigenvalue weighted by Crippen LogP contribution is -2.34. The molecule has 0 fully saturated rings. The maximum atomic E-state index is 15.4. The van der Waals surface area contributed by atoms with Crippen LogP contribution in [0.3, 0.4) is 0 Å². The highest BCUT2D eigenvalue weighted by atomic mass is 79.9.